The van der Waals surface area contributed by atoms with Crippen molar-refractivity contribution in [2.24, 2.45) is 4.99 Å². The zero-order valence-corrected chi connectivity index (χ0v) is 18.1. The monoisotopic (exact) mass is 476 g/mol. The van der Waals surface area contributed by atoms with Gasteiger partial charge in [-0.1, -0.05) is 18.2 Å². The summed E-state index contributed by atoms with van der Waals surface area (Å²) in [7, 11) is 0. The Balaban J connectivity index is 0.00000288. The topological polar surface area (TPSA) is 49.3 Å². The molecule has 7 heteroatoms. The van der Waals surface area contributed by atoms with Gasteiger partial charge in [0.15, 0.2) is 5.96 Å². The predicted molar refractivity (Wildman–Crippen MR) is 117 cm³/mol. The lowest BCUT2D eigenvalue weighted by Crippen LogP contribution is -2.37. The van der Waals surface area contributed by atoms with Gasteiger partial charge in [-0.05, 0) is 38.2 Å². The molecule has 0 saturated heterocycles. The van der Waals surface area contributed by atoms with Crippen molar-refractivity contribution in [1.29, 1.82) is 0 Å². The van der Waals surface area contributed by atoms with Crippen LogP contribution in [0.5, 0.6) is 0 Å². The van der Waals surface area contributed by atoms with E-state index in [2.05, 4.69) is 64.8 Å². The summed E-state index contributed by atoms with van der Waals surface area (Å²) in [5.41, 5.74) is 0. The lowest BCUT2D eigenvalue weighted by molar-refractivity contribution is 0.789. The molecule has 0 atom stereocenters. The van der Waals surface area contributed by atoms with Crippen molar-refractivity contribution in [2.45, 2.75) is 31.7 Å². The van der Waals surface area contributed by atoms with Gasteiger partial charge < -0.3 is 10.6 Å². The normalized spacial score (nSPS) is 11.0. The highest BCUT2D eigenvalue weighted by Gasteiger charge is 2.00. The molecule has 1 heterocycles. The van der Waals surface area contributed by atoms with E-state index in [0.717, 1.165) is 36.2 Å². The molecule has 2 rings (SSSR count). The van der Waals surface area contributed by atoms with Crippen molar-refractivity contribution in [3.63, 3.8) is 0 Å². The highest BCUT2D eigenvalue weighted by atomic mass is 127. The molecule has 0 amide bonds. The van der Waals surface area contributed by atoms with Crippen molar-refractivity contribution in [1.82, 2.24) is 15.6 Å². The zero-order valence-electron chi connectivity index (χ0n) is 14.1. The zero-order chi connectivity index (χ0) is 16.3. The summed E-state index contributed by atoms with van der Waals surface area (Å²) in [5, 5.41) is 7.72. The van der Waals surface area contributed by atoms with Crippen molar-refractivity contribution < 1.29 is 0 Å². The lowest BCUT2D eigenvalue weighted by Gasteiger charge is -2.10. The molecule has 0 aliphatic rings. The molecule has 0 unspecified atom stereocenters. The van der Waals surface area contributed by atoms with Crippen LogP contribution in [-0.4, -0.2) is 29.8 Å². The number of halogens is 1. The highest BCUT2D eigenvalue weighted by Crippen LogP contribution is 2.17. The average molecular weight is 476 g/mol. The van der Waals surface area contributed by atoms with E-state index < -0.39 is 0 Å². The summed E-state index contributed by atoms with van der Waals surface area (Å²) >= 11 is 3.59. The summed E-state index contributed by atoms with van der Waals surface area (Å²) in [6.45, 7) is 6.56. The summed E-state index contributed by atoms with van der Waals surface area (Å²) < 4.78 is 0. The third kappa shape index (κ3) is 8.34. The number of aryl methyl sites for hydroxylation is 1. The molecule has 2 aromatic rings. The Hall–Kier alpha value is -0.800. The summed E-state index contributed by atoms with van der Waals surface area (Å²) in [6, 6.07) is 10.5. The van der Waals surface area contributed by atoms with Crippen LogP contribution in [0.15, 0.2) is 46.4 Å². The van der Waals surface area contributed by atoms with Gasteiger partial charge in [-0.3, -0.25) is 0 Å². The molecular formula is C17H25IN4S2. The van der Waals surface area contributed by atoms with Gasteiger partial charge in [0.05, 0.1) is 6.54 Å². The number of aromatic nitrogens is 1. The second kappa shape index (κ2) is 12.5. The van der Waals surface area contributed by atoms with E-state index in [4.69, 9.17) is 0 Å². The molecule has 0 bridgehead atoms. The number of hydrogen-bond acceptors (Lipinski definition) is 4. The van der Waals surface area contributed by atoms with E-state index in [9.17, 15) is 0 Å². The van der Waals surface area contributed by atoms with Crippen LogP contribution in [-0.2, 0) is 6.54 Å². The Labute approximate surface area is 170 Å². The van der Waals surface area contributed by atoms with Crippen molar-refractivity contribution >= 4 is 53.0 Å². The maximum Gasteiger partial charge on any atom is 0.191 e. The minimum absolute atomic E-state index is 0. The number of benzene rings is 1. The molecule has 0 aliphatic heterocycles. The molecule has 0 aliphatic carbocycles. The van der Waals surface area contributed by atoms with E-state index in [1.807, 2.05) is 18.0 Å². The van der Waals surface area contributed by atoms with Gasteiger partial charge in [0.25, 0.3) is 0 Å². The van der Waals surface area contributed by atoms with Gasteiger partial charge in [0, 0.05) is 29.1 Å². The first-order chi connectivity index (χ1) is 11.3. The Bertz CT molecular complexity index is 602. The van der Waals surface area contributed by atoms with E-state index in [1.165, 1.54) is 9.77 Å². The second-order valence-electron chi connectivity index (χ2n) is 5.00. The van der Waals surface area contributed by atoms with Crippen LogP contribution in [0.4, 0.5) is 0 Å². The number of rotatable bonds is 8. The van der Waals surface area contributed by atoms with Crippen LogP contribution in [0.25, 0.3) is 0 Å². The van der Waals surface area contributed by atoms with Crippen LogP contribution in [0, 0.1) is 6.92 Å². The van der Waals surface area contributed by atoms with Crippen LogP contribution in [0.2, 0.25) is 0 Å². The minimum Gasteiger partial charge on any atom is -0.357 e. The van der Waals surface area contributed by atoms with Crippen molar-refractivity contribution in [2.75, 3.05) is 18.8 Å². The number of nitrogens with zero attached hydrogens (tertiary/aromatic N) is 2. The fraction of sp³-hybridized carbons (Fsp3) is 0.412. The summed E-state index contributed by atoms with van der Waals surface area (Å²) in [4.78, 5) is 11.5. The molecule has 0 saturated carbocycles. The SMILES string of the molecule is CCNC(=NCc1ncc(C)s1)NCCCSc1ccccc1.I. The Morgan fingerprint density at radius 3 is 2.71 bits per heavy atom. The first kappa shape index (κ1) is 21.2. The van der Waals surface area contributed by atoms with Gasteiger partial charge in [-0.25, -0.2) is 9.98 Å². The Morgan fingerprint density at radius 2 is 2.04 bits per heavy atom. The summed E-state index contributed by atoms with van der Waals surface area (Å²) in [6.07, 6.45) is 3.00. The number of thiazole rings is 1. The molecule has 1 aromatic carbocycles. The smallest absolute Gasteiger partial charge is 0.191 e. The number of nitrogens with one attached hydrogen (secondary N) is 2. The molecule has 132 valence electrons. The first-order valence-corrected chi connectivity index (χ1v) is 9.69. The van der Waals surface area contributed by atoms with Crippen molar-refractivity contribution in [3.05, 3.63) is 46.4 Å². The fourth-order valence-electron chi connectivity index (χ4n) is 1.95. The highest BCUT2D eigenvalue weighted by molar-refractivity contribution is 14.0. The molecule has 1 aromatic heterocycles. The van der Waals surface area contributed by atoms with E-state index in [1.54, 1.807) is 11.3 Å². The molecular weight excluding hydrogens is 451 g/mol. The standard InChI is InChI=1S/C17H24N4S2.HI/c1-3-18-17(21-13-16-20-12-14(2)23-16)19-10-7-11-22-15-8-5-4-6-9-15;/h4-6,8-9,12H,3,7,10-11,13H2,1-2H3,(H2,18,19,21);1H. The van der Waals surface area contributed by atoms with Crippen molar-refractivity contribution in [3.8, 4) is 0 Å². The number of hydrogen-bond donors (Lipinski definition) is 2. The molecule has 2 N–H and O–H groups in total. The maximum absolute atomic E-state index is 4.59. The van der Waals surface area contributed by atoms with Crippen LogP contribution >= 0.6 is 47.1 Å². The van der Waals surface area contributed by atoms with Crippen LogP contribution < -0.4 is 10.6 Å². The van der Waals surface area contributed by atoms with Gasteiger partial charge in [-0.2, -0.15) is 0 Å². The van der Waals surface area contributed by atoms with Crippen LogP contribution in [0.1, 0.15) is 23.2 Å². The van der Waals surface area contributed by atoms with Gasteiger partial charge in [0.2, 0.25) is 0 Å². The Kier molecular flexibility index (Phi) is 11.1. The first-order valence-electron chi connectivity index (χ1n) is 7.89. The fourth-order valence-corrected chi connectivity index (χ4v) is 3.53. The van der Waals surface area contributed by atoms with Gasteiger partial charge >= 0.3 is 0 Å². The third-order valence-electron chi connectivity index (χ3n) is 3.01. The minimum atomic E-state index is 0. The lowest BCUT2D eigenvalue weighted by atomic mass is 10.4. The maximum atomic E-state index is 4.59. The summed E-state index contributed by atoms with van der Waals surface area (Å²) in [5.74, 6) is 1.97. The third-order valence-corrected chi connectivity index (χ3v) is 5.01. The molecule has 24 heavy (non-hydrogen) atoms. The second-order valence-corrected chi connectivity index (χ2v) is 7.49. The molecule has 0 spiro atoms. The molecule has 0 radical (unpaired) electrons. The largest absolute Gasteiger partial charge is 0.357 e. The van der Waals surface area contributed by atoms with Crippen LogP contribution in [0.3, 0.4) is 0 Å². The predicted octanol–water partition coefficient (Wildman–Crippen LogP) is 4.31. The number of aliphatic imine (C=N–C) groups is 1. The quantitative estimate of drug-likeness (QED) is 0.196. The van der Waals surface area contributed by atoms with E-state index in [0.29, 0.717) is 6.54 Å². The molecule has 4 nitrogen and oxygen atoms in total. The Morgan fingerprint density at radius 1 is 1.25 bits per heavy atom. The van der Waals surface area contributed by atoms with E-state index in [-0.39, 0.29) is 24.0 Å². The number of guanidine groups is 1. The number of thioether (sulfide) groups is 1. The average Bonchev–Trinajstić information content (AvgIpc) is 2.98. The van der Waals surface area contributed by atoms with E-state index >= 15 is 0 Å². The van der Waals surface area contributed by atoms with Gasteiger partial charge in [0.1, 0.15) is 5.01 Å². The molecule has 0 fully saturated rings. The van der Waals surface area contributed by atoms with Gasteiger partial charge in [-0.15, -0.1) is 47.1 Å².